The molecule has 8 heteroatoms. The molecule has 0 saturated carbocycles. The molecule has 1 aliphatic rings. The molecule has 1 aromatic heterocycles. The van der Waals surface area contributed by atoms with Crippen LogP contribution in [0.15, 0.2) is 29.4 Å². The Kier molecular flexibility index (Phi) is 4.00. The molecule has 24 heavy (non-hydrogen) atoms. The summed E-state index contributed by atoms with van der Waals surface area (Å²) in [7, 11) is -3.10. The van der Waals surface area contributed by atoms with E-state index in [-0.39, 0.29) is 29.1 Å². The zero-order valence-electron chi connectivity index (χ0n) is 13.6. The van der Waals surface area contributed by atoms with Gasteiger partial charge in [-0.3, -0.25) is 9.69 Å². The standard InChI is InChI=1S/C16H19N5O2S/c1-3-24(18,23)16-19-14(17)12-8-13(22)21(15(12)20-16)9-11-6-4-10(2)5-7-11/h4-7,18H,3,8-9H2,1-2H3,(H2,17,19,20)/t24-/m1/s1. The van der Waals surface area contributed by atoms with E-state index in [1.54, 1.807) is 6.92 Å². The van der Waals surface area contributed by atoms with Crippen LogP contribution in [0, 0.1) is 11.7 Å². The van der Waals surface area contributed by atoms with Crippen molar-refractivity contribution in [1.82, 2.24) is 9.97 Å². The van der Waals surface area contributed by atoms with Gasteiger partial charge in [0, 0.05) is 11.3 Å². The lowest BCUT2D eigenvalue weighted by Crippen LogP contribution is -2.27. The second kappa shape index (κ2) is 5.86. The van der Waals surface area contributed by atoms with Crippen LogP contribution in [0.1, 0.15) is 23.6 Å². The quantitative estimate of drug-likeness (QED) is 0.822. The summed E-state index contributed by atoms with van der Waals surface area (Å²) in [5, 5.41) is -0.107. The summed E-state index contributed by atoms with van der Waals surface area (Å²) in [6.45, 7) is 3.99. The summed E-state index contributed by atoms with van der Waals surface area (Å²) in [5.74, 6) is 0.466. The molecule has 0 fully saturated rings. The third-order valence-electron chi connectivity index (χ3n) is 4.04. The van der Waals surface area contributed by atoms with Crippen molar-refractivity contribution in [1.29, 1.82) is 4.78 Å². The SMILES string of the molecule is CC[S@@](=N)(=O)c1nc(N)c2c(n1)N(Cc1ccc(C)cc1)C(=O)C2. The smallest absolute Gasteiger partial charge is 0.233 e. The first kappa shape index (κ1) is 16.4. The lowest BCUT2D eigenvalue weighted by molar-refractivity contribution is -0.117. The Morgan fingerprint density at radius 2 is 1.96 bits per heavy atom. The minimum atomic E-state index is -3.10. The fourth-order valence-electron chi connectivity index (χ4n) is 2.54. The fraction of sp³-hybridized carbons (Fsp3) is 0.312. The van der Waals surface area contributed by atoms with Gasteiger partial charge in [-0.25, -0.2) is 19.0 Å². The molecule has 0 aliphatic carbocycles. The van der Waals surface area contributed by atoms with Crippen molar-refractivity contribution in [3.63, 3.8) is 0 Å². The number of aryl methyl sites for hydroxylation is 1. The highest BCUT2D eigenvalue weighted by Crippen LogP contribution is 2.32. The molecule has 126 valence electrons. The van der Waals surface area contributed by atoms with E-state index >= 15 is 0 Å². The Hall–Kier alpha value is -2.48. The second-order valence-electron chi connectivity index (χ2n) is 5.80. The number of carbonyl (C=O) groups excluding carboxylic acids is 1. The molecule has 0 saturated heterocycles. The van der Waals surface area contributed by atoms with Gasteiger partial charge >= 0.3 is 0 Å². The molecule has 3 rings (SSSR count). The lowest BCUT2D eigenvalue weighted by atomic mass is 10.1. The normalized spacial score (nSPS) is 16.1. The van der Waals surface area contributed by atoms with E-state index in [0.717, 1.165) is 11.1 Å². The van der Waals surface area contributed by atoms with Crippen LogP contribution in [0.2, 0.25) is 0 Å². The summed E-state index contributed by atoms with van der Waals surface area (Å²) >= 11 is 0. The molecule has 1 atom stereocenters. The molecule has 1 aliphatic heterocycles. The van der Waals surface area contributed by atoms with Gasteiger partial charge in [0.2, 0.25) is 11.1 Å². The highest BCUT2D eigenvalue weighted by molar-refractivity contribution is 7.92. The van der Waals surface area contributed by atoms with Gasteiger partial charge in [-0.05, 0) is 12.5 Å². The number of amides is 1. The highest BCUT2D eigenvalue weighted by Gasteiger charge is 2.33. The molecule has 7 nitrogen and oxygen atoms in total. The average molecular weight is 345 g/mol. The van der Waals surface area contributed by atoms with Crippen molar-refractivity contribution in [3.05, 3.63) is 41.0 Å². The number of hydrogen-bond acceptors (Lipinski definition) is 6. The Morgan fingerprint density at radius 1 is 1.29 bits per heavy atom. The van der Waals surface area contributed by atoms with Crippen LogP contribution < -0.4 is 10.6 Å². The number of nitrogens with one attached hydrogen (secondary N) is 1. The predicted octanol–water partition coefficient (Wildman–Crippen LogP) is 1.88. The van der Waals surface area contributed by atoms with E-state index < -0.39 is 9.73 Å². The summed E-state index contributed by atoms with van der Waals surface area (Å²) in [6.07, 6.45) is 0.124. The van der Waals surface area contributed by atoms with Gasteiger partial charge in [-0.2, -0.15) is 0 Å². The number of nitrogens with two attached hydrogens (primary N) is 1. The molecule has 2 aromatic rings. The van der Waals surface area contributed by atoms with Crippen molar-refractivity contribution in [2.24, 2.45) is 0 Å². The van der Waals surface area contributed by atoms with E-state index in [0.29, 0.717) is 17.9 Å². The number of anilines is 2. The maximum atomic E-state index is 12.4. The molecule has 3 N–H and O–H groups in total. The number of nitrogens with zero attached hydrogens (tertiary/aromatic N) is 3. The first-order chi connectivity index (χ1) is 11.3. The van der Waals surface area contributed by atoms with Gasteiger partial charge in [0.15, 0.2) is 0 Å². The number of benzene rings is 1. The van der Waals surface area contributed by atoms with E-state index in [1.807, 2.05) is 31.2 Å². The highest BCUT2D eigenvalue weighted by atomic mass is 32.2. The first-order valence-electron chi connectivity index (χ1n) is 7.60. The number of hydrogen-bond donors (Lipinski definition) is 2. The third-order valence-corrected chi connectivity index (χ3v) is 5.63. The number of nitrogen functional groups attached to an aromatic ring is 1. The molecule has 0 radical (unpaired) electrons. The molecule has 1 aromatic carbocycles. The first-order valence-corrected chi connectivity index (χ1v) is 9.33. The van der Waals surface area contributed by atoms with E-state index in [1.165, 1.54) is 4.90 Å². The second-order valence-corrected chi connectivity index (χ2v) is 8.09. The maximum absolute atomic E-state index is 12.4. The van der Waals surface area contributed by atoms with Crippen molar-refractivity contribution < 1.29 is 9.00 Å². The number of aromatic nitrogens is 2. The summed E-state index contributed by atoms with van der Waals surface area (Å²) in [6, 6.07) is 7.85. The molecule has 0 bridgehead atoms. The van der Waals surface area contributed by atoms with Crippen LogP contribution in [-0.2, 0) is 27.5 Å². The Bertz CT molecular complexity index is 907. The Balaban J connectivity index is 2.03. The maximum Gasteiger partial charge on any atom is 0.233 e. The number of fused-ring (bicyclic) bond motifs is 1. The predicted molar refractivity (Wildman–Crippen MR) is 92.2 cm³/mol. The van der Waals surface area contributed by atoms with Crippen LogP contribution in [0.3, 0.4) is 0 Å². The van der Waals surface area contributed by atoms with Gasteiger partial charge in [0.05, 0.1) is 13.0 Å². The van der Waals surface area contributed by atoms with Crippen LogP contribution in [-0.4, -0.2) is 25.8 Å². The van der Waals surface area contributed by atoms with Gasteiger partial charge < -0.3 is 5.73 Å². The molecule has 0 spiro atoms. The van der Waals surface area contributed by atoms with E-state index in [2.05, 4.69) is 9.97 Å². The van der Waals surface area contributed by atoms with Gasteiger partial charge in [0.25, 0.3) is 0 Å². The van der Waals surface area contributed by atoms with Crippen molar-refractivity contribution in [3.8, 4) is 0 Å². The van der Waals surface area contributed by atoms with Crippen LogP contribution in [0.5, 0.6) is 0 Å². The average Bonchev–Trinajstić information content (AvgIpc) is 2.86. The van der Waals surface area contributed by atoms with Gasteiger partial charge in [0.1, 0.15) is 21.4 Å². The van der Waals surface area contributed by atoms with Gasteiger partial charge in [-0.15, -0.1) is 0 Å². The van der Waals surface area contributed by atoms with Crippen LogP contribution >= 0.6 is 0 Å². The minimum absolute atomic E-state index is 0.0944. The zero-order chi connectivity index (χ0) is 17.5. The summed E-state index contributed by atoms with van der Waals surface area (Å²) in [5.41, 5.74) is 8.56. The third kappa shape index (κ3) is 2.84. The Labute approximate surface area is 140 Å². The van der Waals surface area contributed by atoms with Crippen LogP contribution in [0.25, 0.3) is 0 Å². The largest absolute Gasteiger partial charge is 0.383 e. The molecular weight excluding hydrogens is 326 g/mol. The fourth-order valence-corrected chi connectivity index (χ4v) is 3.28. The molecule has 0 unspecified atom stereocenters. The topological polar surface area (TPSA) is 113 Å². The van der Waals surface area contributed by atoms with Crippen molar-refractivity contribution in [2.45, 2.75) is 32.0 Å². The summed E-state index contributed by atoms with van der Waals surface area (Å²) in [4.78, 5) is 22.1. The molecule has 2 heterocycles. The van der Waals surface area contributed by atoms with E-state index in [9.17, 15) is 9.00 Å². The van der Waals surface area contributed by atoms with Crippen molar-refractivity contribution in [2.75, 3.05) is 16.4 Å². The van der Waals surface area contributed by atoms with Crippen molar-refractivity contribution >= 4 is 27.3 Å². The molecule has 1 amide bonds. The van der Waals surface area contributed by atoms with Gasteiger partial charge in [-0.1, -0.05) is 36.8 Å². The Morgan fingerprint density at radius 3 is 2.58 bits per heavy atom. The van der Waals surface area contributed by atoms with E-state index in [4.69, 9.17) is 10.5 Å². The lowest BCUT2D eigenvalue weighted by Gasteiger charge is -2.17. The zero-order valence-corrected chi connectivity index (χ0v) is 14.4. The number of rotatable bonds is 4. The monoisotopic (exact) mass is 345 g/mol. The molecular formula is C16H19N5O2S. The minimum Gasteiger partial charge on any atom is -0.383 e. The summed E-state index contributed by atoms with van der Waals surface area (Å²) < 4.78 is 20.2. The van der Waals surface area contributed by atoms with Crippen LogP contribution in [0.4, 0.5) is 11.6 Å². The number of carbonyl (C=O) groups is 1.